The third kappa shape index (κ3) is 2.42. The second kappa shape index (κ2) is 5.09. The lowest BCUT2D eigenvalue weighted by Crippen LogP contribution is -1.97. The molecule has 0 amide bonds. The van der Waals surface area contributed by atoms with E-state index in [9.17, 15) is 0 Å². The smallest absolute Gasteiger partial charge is 0.161 e. The van der Waals surface area contributed by atoms with Gasteiger partial charge < -0.3 is 10.5 Å². The van der Waals surface area contributed by atoms with E-state index < -0.39 is 0 Å². The first-order valence-electron chi connectivity index (χ1n) is 6.95. The number of fused-ring (bicyclic) bond motifs is 1. The Kier molecular flexibility index (Phi) is 3.26. The average Bonchev–Trinajstić information content (AvgIpc) is 2.47. The van der Waals surface area contributed by atoms with Crippen molar-refractivity contribution in [2.24, 2.45) is 0 Å². The summed E-state index contributed by atoms with van der Waals surface area (Å²) in [5.41, 5.74) is 11.0. The highest BCUT2D eigenvalue weighted by atomic mass is 16.5. The van der Waals surface area contributed by atoms with Gasteiger partial charge >= 0.3 is 0 Å². The van der Waals surface area contributed by atoms with Crippen LogP contribution in [0.15, 0.2) is 42.6 Å². The van der Waals surface area contributed by atoms with Gasteiger partial charge in [-0.05, 0) is 55.7 Å². The Morgan fingerprint density at radius 2 is 1.81 bits per heavy atom. The normalized spacial score (nSPS) is 10.8. The minimum atomic E-state index is 0.548. The summed E-state index contributed by atoms with van der Waals surface area (Å²) in [4.78, 5) is 4.34. The Balaban J connectivity index is 2.16. The Bertz CT molecular complexity index is 825. The Morgan fingerprint density at radius 3 is 2.62 bits per heavy atom. The fourth-order valence-electron chi connectivity index (χ4n) is 2.46. The number of rotatable bonds is 2. The van der Waals surface area contributed by atoms with Gasteiger partial charge in [0.15, 0.2) is 5.75 Å². The number of aryl methyl sites for hydroxylation is 2. The molecular weight excluding hydrogens is 260 g/mol. The number of hydrogen-bond acceptors (Lipinski definition) is 3. The molecule has 3 rings (SSSR count). The summed E-state index contributed by atoms with van der Waals surface area (Å²) >= 11 is 0. The van der Waals surface area contributed by atoms with Crippen LogP contribution in [0.3, 0.4) is 0 Å². The van der Waals surface area contributed by atoms with E-state index in [1.54, 1.807) is 6.20 Å². The molecule has 0 saturated heterocycles. The molecule has 106 valence electrons. The van der Waals surface area contributed by atoms with Gasteiger partial charge in [-0.25, -0.2) is 0 Å². The van der Waals surface area contributed by atoms with Crippen LogP contribution in [0.2, 0.25) is 0 Å². The fraction of sp³-hybridized carbons (Fsp3) is 0.167. The molecule has 0 bridgehead atoms. The molecule has 0 atom stereocenters. The van der Waals surface area contributed by atoms with Crippen LogP contribution in [0.25, 0.3) is 10.9 Å². The molecule has 0 spiro atoms. The van der Waals surface area contributed by atoms with Crippen LogP contribution in [0.1, 0.15) is 16.7 Å². The largest absolute Gasteiger partial charge is 0.454 e. The van der Waals surface area contributed by atoms with Crippen LogP contribution in [0.5, 0.6) is 11.5 Å². The zero-order valence-corrected chi connectivity index (χ0v) is 12.5. The van der Waals surface area contributed by atoms with E-state index in [2.05, 4.69) is 31.8 Å². The molecular formula is C18H18N2O. The summed E-state index contributed by atoms with van der Waals surface area (Å²) in [7, 11) is 0. The van der Waals surface area contributed by atoms with Crippen LogP contribution >= 0.6 is 0 Å². The van der Waals surface area contributed by atoms with E-state index in [1.165, 1.54) is 11.1 Å². The molecule has 21 heavy (non-hydrogen) atoms. The van der Waals surface area contributed by atoms with Gasteiger partial charge in [0.05, 0.1) is 17.4 Å². The highest BCUT2D eigenvalue weighted by Crippen LogP contribution is 2.36. The van der Waals surface area contributed by atoms with Gasteiger partial charge in [-0.3, -0.25) is 4.98 Å². The lowest BCUT2D eigenvalue weighted by Gasteiger charge is -2.15. The van der Waals surface area contributed by atoms with Crippen molar-refractivity contribution in [1.29, 1.82) is 0 Å². The van der Waals surface area contributed by atoms with Crippen molar-refractivity contribution in [3.63, 3.8) is 0 Å². The van der Waals surface area contributed by atoms with Crippen molar-refractivity contribution in [2.45, 2.75) is 20.8 Å². The standard InChI is InChI=1S/C18H18N2O/c1-11-8-12(2)13(3)17(9-11)21-18-14-6-4-5-7-16(14)20-10-15(18)19/h4-10H,19H2,1-3H3. The minimum absolute atomic E-state index is 0.548. The third-order valence-electron chi connectivity index (χ3n) is 3.73. The molecule has 0 fully saturated rings. The number of benzene rings is 2. The topological polar surface area (TPSA) is 48.1 Å². The monoisotopic (exact) mass is 278 g/mol. The number of para-hydroxylation sites is 1. The van der Waals surface area contributed by atoms with Gasteiger partial charge in [-0.1, -0.05) is 18.2 Å². The number of nitrogens with two attached hydrogens (primary N) is 1. The molecule has 3 aromatic rings. The molecule has 0 aliphatic heterocycles. The van der Waals surface area contributed by atoms with E-state index >= 15 is 0 Å². The zero-order chi connectivity index (χ0) is 15.0. The molecule has 1 heterocycles. The molecule has 0 unspecified atom stereocenters. The number of nitrogens with zero attached hydrogens (tertiary/aromatic N) is 1. The second-order valence-corrected chi connectivity index (χ2v) is 5.37. The maximum Gasteiger partial charge on any atom is 0.161 e. The van der Waals surface area contributed by atoms with Gasteiger partial charge in [0.1, 0.15) is 5.75 Å². The molecule has 0 radical (unpaired) electrons. The fourth-order valence-corrected chi connectivity index (χ4v) is 2.46. The number of anilines is 1. The lowest BCUT2D eigenvalue weighted by molar-refractivity contribution is 0.485. The van der Waals surface area contributed by atoms with Gasteiger partial charge in [0.2, 0.25) is 0 Å². The Morgan fingerprint density at radius 1 is 1.05 bits per heavy atom. The number of nitrogen functional groups attached to an aromatic ring is 1. The first kappa shape index (κ1) is 13.4. The van der Waals surface area contributed by atoms with E-state index in [1.807, 2.05) is 30.3 Å². The van der Waals surface area contributed by atoms with Crippen molar-refractivity contribution in [1.82, 2.24) is 4.98 Å². The average molecular weight is 278 g/mol. The molecule has 3 heteroatoms. The molecule has 0 aliphatic carbocycles. The van der Waals surface area contributed by atoms with E-state index in [0.717, 1.165) is 22.2 Å². The van der Waals surface area contributed by atoms with Crippen LogP contribution < -0.4 is 10.5 Å². The summed E-state index contributed by atoms with van der Waals surface area (Å²) in [6.07, 6.45) is 1.65. The zero-order valence-electron chi connectivity index (χ0n) is 12.5. The quantitative estimate of drug-likeness (QED) is 0.749. The van der Waals surface area contributed by atoms with Gasteiger partial charge in [-0.2, -0.15) is 0 Å². The molecule has 1 aromatic heterocycles. The van der Waals surface area contributed by atoms with Crippen LogP contribution in [0.4, 0.5) is 5.69 Å². The molecule has 0 saturated carbocycles. The lowest BCUT2D eigenvalue weighted by atomic mass is 10.1. The minimum Gasteiger partial charge on any atom is -0.454 e. The first-order chi connectivity index (χ1) is 10.1. The third-order valence-corrected chi connectivity index (χ3v) is 3.73. The number of hydrogen-bond donors (Lipinski definition) is 1. The number of aromatic nitrogens is 1. The maximum absolute atomic E-state index is 6.15. The number of ether oxygens (including phenoxy) is 1. The number of pyridine rings is 1. The van der Waals surface area contributed by atoms with E-state index in [0.29, 0.717) is 11.4 Å². The van der Waals surface area contributed by atoms with Crippen molar-refractivity contribution in [3.05, 3.63) is 59.3 Å². The van der Waals surface area contributed by atoms with Crippen LogP contribution in [-0.2, 0) is 0 Å². The Hall–Kier alpha value is -2.55. The van der Waals surface area contributed by atoms with E-state index in [-0.39, 0.29) is 0 Å². The van der Waals surface area contributed by atoms with Gasteiger partial charge in [0, 0.05) is 5.39 Å². The van der Waals surface area contributed by atoms with Crippen molar-refractivity contribution in [2.75, 3.05) is 5.73 Å². The molecule has 2 N–H and O–H groups in total. The first-order valence-corrected chi connectivity index (χ1v) is 6.95. The predicted molar refractivity (Wildman–Crippen MR) is 86.9 cm³/mol. The summed E-state index contributed by atoms with van der Waals surface area (Å²) in [6, 6.07) is 12.0. The van der Waals surface area contributed by atoms with Gasteiger partial charge in [-0.15, -0.1) is 0 Å². The van der Waals surface area contributed by atoms with Gasteiger partial charge in [0.25, 0.3) is 0 Å². The molecule has 0 aliphatic rings. The SMILES string of the molecule is Cc1cc(C)c(C)c(Oc2c(N)cnc3ccccc23)c1. The van der Waals surface area contributed by atoms with Crippen LogP contribution in [0, 0.1) is 20.8 Å². The van der Waals surface area contributed by atoms with E-state index in [4.69, 9.17) is 10.5 Å². The summed E-state index contributed by atoms with van der Waals surface area (Å²) in [5.74, 6) is 1.52. The predicted octanol–water partition coefficient (Wildman–Crippen LogP) is 4.53. The van der Waals surface area contributed by atoms with Crippen LogP contribution in [-0.4, -0.2) is 4.98 Å². The molecule has 3 nitrogen and oxygen atoms in total. The second-order valence-electron chi connectivity index (χ2n) is 5.37. The van der Waals surface area contributed by atoms with Crippen molar-refractivity contribution < 1.29 is 4.74 Å². The maximum atomic E-state index is 6.15. The summed E-state index contributed by atoms with van der Waals surface area (Å²) in [6.45, 7) is 6.21. The summed E-state index contributed by atoms with van der Waals surface area (Å²) < 4.78 is 6.15. The van der Waals surface area contributed by atoms with Crippen molar-refractivity contribution >= 4 is 16.6 Å². The molecule has 2 aromatic carbocycles. The highest BCUT2D eigenvalue weighted by Gasteiger charge is 2.11. The summed E-state index contributed by atoms with van der Waals surface area (Å²) in [5, 5.41) is 0.927. The highest BCUT2D eigenvalue weighted by molar-refractivity contribution is 5.89. The Labute approximate surface area is 124 Å². The van der Waals surface area contributed by atoms with Crippen molar-refractivity contribution in [3.8, 4) is 11.5 Å².